The number of carbonyl (C=O) groups excluding carboxylic acids is 2. The lowest BCUT2D eigenvalue weighted by molar-refractivity contribution is -0.113. The first-order valence-electron chi connectivity index (χ1n) is 5.72. The molecule has 2 amide bonds. The van der Waals surface area contributed by atoms with Crippen LogP contribution in [0.2, 0.25) is 0 Å². The van der Waals surface area contributed by atoms with Gasteiger partial charge in [0.2, 0.25) is 0 Å². The molecule has 0 radical (unpaired) electrons. The third kappa shape index (κ3) is 2.39. The second-order valence-electron chi connectivity index (χ2n) is 4.01. The van der Waals surface area contributed by atoms with Crippen molar-refractivity contribution < 1.29 is 14.0 Å². The monoisotopic (exact) mass is 305 g/mol. The number of rotatable bonds is 2. The summed E-state index contributed by atoms with van der Waals surface area (Å²) >= 11 is 2.34. The molecular formula is C14H8FNO2S2. The summed E-state index contributed by atoms with van der Waals surface area (Å²) in [7, 11) is 0. The van der Waals surface area contributed by atoms with Crippen molar-refractivity contribution in [2.45, 2.75) is 0 Å². The topological polar surface area (TPSA) is 37.4 Å². The van der Waals surface area contributed by atoms with Gasteiger partial charge >= 0.3 is 0 Å². The molecule has 0 saturated carbocycles. The molecule has 1 fully saturated rings. The maximum atomic E-state index is 13.2. The van der Waals surface area contributed by atoms with Gasteiger partial charge in [0, 0.05) is 4.88 Å². The summed E-state index contributed by atoms with van der Waals surface area (Å²) < 4.78 is 13.2. The minimum absolute atomic E-state index is 0.252. The van der Waals surface area contributed by atoms with Crippen molar-refractivity contribution in [2.75, 3.05) is 4.90 Å². The first-order valence-corrected chi connectivity index (χ1v) is 7.42. The molecular weight excluding hydrogens is 297 g/mol. The molecule has 0 unspecified atom stereocenters. The molecule has 0 atom stereocenters. The second-order valence-corrected chi connectivity index (χ2v) is 5.98. The van der Waals surface area contributed by atoms with Gasteiger partial charge in [-0.05, 0) is 47.5 Å². The predicted octanol–water partition coefficient (Wildman–Crippen LogP) is 4.13. The Hall–Kier alpha value is -1.92. The lowest BCUT2D eigenvalue weighted by Crippen LogP contribution is -2.27. The number of thiophene rings is 1. The van der Waals surface area contributed by atoms with Gasteiger partial charge in [0.1, 0.15) is 5.82 Å². The normalized spacial score (nSPS) is 17.2. The predicted molar refractivity (Wildman–Crippen MR) is 79.2 cm³/mol. The highest BCUT2D eigenvalue weighted by Crippen LogP contribution is 2.36. The Morgan fingerprint density at radius 3 is 2.70 bits per heavy atom. The van der Waals surface area contributed by atoms with Crippen molar-refractivity contribution in [3.05, 3.63) is 57.4 Å². The van der Waals surface area contributed by atoms with Gasteiger partial charge in [0.25, 0.3) is 11.1 Å². The van der Waals surface area contributed by atoms with Crippen LogP contribution in [0.3, 0.4) is 0 Å². The molecule has 100 valence electrons. The molecule has 6 heteroatoms. The molecule has 2 heterocycles. The third-order valence-electron chi connectivity index (χ3n) is 2.68. The fourth-order valence-electron chi connectivity index (χ4n) is 1.81. The number of hydrogen-bond donors (Lipinski definition) is 0. The number of hydrogen-bond acceptors (Lipinski definition) is 4. The van der Waals surface area contributed by atoms with Crippen molar-refractivity contribution in [3.8, 4) is 0 Å². The Morgan fingerprint density at radius 1 is 1.15 bits per heavy atom. The summed E-state index contributed by atoms with van der Waals surface area (Å²) in [6, 6.07) is 9.17. The van der Waals surface area contributed by atoms with E-state index in [-0.39, 0.29) is 5.69 Å². The Kier molecular flexibility index (Phi) is 3.42. The molecule has 3 nitrogen and oxygen atoms in total. The summed E-state index contributed by atoms with van der Waals surface area (Å²) in [5.41, 5.74) is 0.252. The van der Waals surface area contributed by atoms with E-state index in [0.717, 1.165) is 21.5 Å². The van der Waals surface area contributed by atoms with E-state index in [1.54, 1.807) is 6.08 Å². The maximum absolute atomic E-state index is 13.2. The van der Waals surface area contributed by atoms with E-state index in [2.05, 4.69) is 0 Å². The molecule has 2 aromatic rings. The van der Waals surface area contributed by atoms with Crippen LogP contribution in [0.1, 0.15) is 4.88 Å². The van der Waals surface area contributed by atoms with E-state index in [1.807, 2.05) is 17.5 Å². The smallest absolute Gasteiger partial charge is 0.268 e. The number of nitrogens with zero attached hydrogens (tertiary/aromatic N) is 1. The quantitative estimate of drug-likeness (QED) is 0.783. The van der Waals surface area contributed by atoms with Gasteiger partial charge < -0.3 is 0 Å². The number of halogens is 1. The summed E-state index contributed by atoms with van der Waals surface area (Å²) in [6.45, 7) is 0. The van der Waals surface area contributed by atoms with E-state index in [1.165, 1.54) is 35.6 Å². The van der Waals surface area contributed by atoms with Gasteiger partial charge in [-0.25, -0.2) is 9.29 Å². The highest BCUT2D eigenvalue weighted by Gasteiger charge is 2.36. The third-order valence-corrected chi connectivity index (χ3v) is 4.37. The SMILES string of the molecule is O=C1SC(=Cc2cccs2)C(=O)N1c1cccc(F)c1. The summed E-state index contributed by atoms with van der Waals surface area (Å²) in [5.74, 6) is -0.900. The van der Waals surface area contributed by atoms with Gasteiger partial charge in [0.05, 0.1) is 10.6 Å². The van der Waals surface area contributed by atoms with Crippen LogP contribution in [0, 0.1) is 5.82 Å². The molecule has 20 heavy (non-hydrogen) atoms. The highest BCUT2D eigenvalue weighted by atomic mass is 32.2. The van der Waals surface area contributed by atoms with Gasteiger partial charge in [-0.1, -0.05) is 12.1 Å². The molecule has 1 aliphatic rings. The second kappa shape index (κ2) is 5.22. The minimum atomic E-state index is -0.483. The summed E-state index contributed by atoms with van der Waals surface area (Å²) in [4.78, 5) is 26.4. The van der Waals surface area contributed by atoms with E-state index in [0.29, 0.717) is 4.91 Å². The Bertz CT molecular complexity index is 710. The lowest BCUT2D eigenvalue weighted by atomic mass is 10.3. The first kappa shape index (κ1) is 13.1. The standard InChI is InChI=1S/C14H8FNO2S2/c15-9-3-1-4-10(7-9)16-13(17)12(20-14(16)18)8-11-5-2-6-19-11/h1-8H. The van der Waals surface area contributed by atoms with Crippen LogP contribution < -0.4 is 4.90 Å². The molecule has 0 N–H and O–H groups in total. The van der Waals surface area contributed by atoms with Gasteiger partial charge in [-0.15, -0.1) is 11.3 Å². The molecule has 1 aromatic heterocycles. The van der Waals surface area contributed by atoms with Gasteiger partial charge in [0.15, 0.2) is 0 Å². The molecule has 0 aliphatic carbocycles. The molecule has 1 aliphatic heterocycles. The number of thioether (sulfide) groups is 1. The van der Waals surface area contributed by atoms with Crippen molar-refractivity contribution in [3.63, 3.8) is 0 Å². The molecule has 0 bridgehead atoms. The zero-order valence-corrected chi connectivity index (χ0v) is 11.7. The van der Waals surface area contributed by atoms with Crippen molar-refractivity contribution >= 4 is 46.0 Å². The first-order chi connectivity index (χ1) is 9.65. The number of anilines is 1. The fraction of sp³-hybridized carbons (Fsp3) is 0. The molecule has 1 saturated heterocycles. The van der Waals surface area contributed by atoms with Crippen molar-refractivity contribution in [1.82, 2.24) is 0 Å². The van der Waals surface area contributed by atoms with E-state index in [9.17, 15) is 14.0 Å². The van der Waals surface area contributed by atoms with Gasteiger partial charge in [-0.2, -0.15) is 0 Å². The minimum Gasteiger partial charge on any atom is -0.268 e. The van der Waals surface area contributed by atoms with Crippen LogP contribution in [-0.4, -0.2) is 11.1 Å². The van der Waals surface area contributed by atoms with Gasteiger partial charge in [-0.3, -0.25) is 9.59 Å². The zero-order valence-electron chi connectivity index (χ0n) is 10.1. The Labute approximate surface area is 122 Å². The van der Waals surface area contributed by atoms with E-state index in [4.69, 9.17) is 0 Å². The van der Waals surface area contributed by atoms with Crippen LogP contribution in [-0.2, 0) is 4.79 Å². The zero-order chi connectivity index (χ0) is 14.1. The van der Waals surface area contributed by atoms with E-state index >= 15 is 0 Å². The van der Waals surface area contributed by atoms with Crippen LogP contribution in [0.25, 0.3) is 6.08 Å². The number of carbonyl (C=O) groups is 2. The van der Waals surface area contributed by atoms with Crippen molar-refractivity contribution in [2.24, 2.45) is 0 Å². The lowest BCUT2D eigenvalue weighted by Gasteiger charge is -2.11. The number of amides is 2. The van der Waals surface area contributed by atoms with Crippen molar-refractivity contribution in [1.29, 1.82) is 0 Å². The van der Waals surface area contributed by atoms with E-state index < -0.39 is 17.0 Å². The molecule has 0 spiro atoms. The van der Waals surface area contributed by atoms with Crippen LogP contribution in [0.15, 0.2) is 46.7 Å². The Balaban J connectivity index is 1.95. The van der Waals surface area contributed by atoms with Crippen LogP contribution in [0.5, 0.6) is 0 Å². The highest BCUT2D eigenvalue weighted by molar-refractivity contribution is 8.19. The largest absolute Gasteiger partial charge is 0.298 e. The molecule has 1 aromatic carbocycles. The molecule has 3 rings (SSSR count). The fourth-order valence-corrected chi connectivity index (χ4v) is 3.37. The van der Waals surface area contributed by atoms with Crippen LogP contribution in [0.4, 0.5) is 14.9 Å². The Morgan fingerprint density at radius 2 is 2.00 bits per heavy atom. The summed E-state index contributed by atoms with van der Waals surface area (Å²) in [5, 5.41) is 1.48. The number of imide groups is 1. The maximum Gasteiger partial charge on any atom is 0.298 e. The van der Waals surface area contributed by atoms with Crippen LogP contribution >= 0.6 is 23.1 Å². The average molecular weight is 305 g/mol. The average Bonchev–Trinajstić information content (AvgIpc) is 2.99. The number of benzene rings is 1. The summed E-state index contributed by atoms with van der Waals surface area (Å²) in [6.07, 6.45) is 1.68.